The van der Waals surface area contributed by atoms with Gasteiger partial charge in [0.1, 0.15) is 5.82 Å². The summed E-state index contributed by atoms with van der Waals surface area (Å²) in [6.07, 6.45) is 1.86. The summed E-state index contributed by atoms with van der Waals surface area (Å²) in [4.78, 5) is 2.37. The molecule has 5 heteroatoms. The van der Waals surface area contributed by atoms with E-state index in [-0.39, 0.29) is 5.82 Å². The summed E-state index contributed by atoms with van der Waals surface area (Å²) >= 11 is 0. The van der Waals surface area contributed by atoms with E-state index in [9.17, 15) is 0 Å². The Morgan fingerprint density at radius 1 is 0.812 bits per heavy atom. The van der Waals surface area contributed by atoms with Crippen molar-refractivity contribution in [3.05, 3.63) is 77.1 Å². The SMILES string of the molecule is CC.CC.CC.Cc1ccccc1/C(N)=C/C(=C(N)N)c1ccc(N2CCNCC2)cc1. The van der Waals surface area contributed by atoms with Crippen LogP contribution in [0.5, 0.6) is 0 Å². The van der Waals surface area contributed by atoms with Gasteiger partial charge in [0.25, 0.3) is 0 Å². The Morgan fingerprint density at radius 2 is 1.34 bits per heavy atom. The van der Waals surface area contributed by atoms with Gasteiger partial charge in [-0.3, -0.25) is 0 Å². The van der Waals surface area contributed by atoms with Gasteiger partial charge in [-0.25, -0.2) is 0 Å². The second-order valence-corrected chi connectivity index (χ2v) is 6.57. The smallest absolute Gasteiger partial charge is 0.101 e. The Kier molecular flexibility index (Phi) is 15.2. The molecule has 0 radical (unpaired) electrons. The molecule has 1 aliphatic rings. The number of rotatable bonds is 4. The molecule has 32 heavy (non-hydrogen) atoms. The van der Waals surface area contributed by atoms with Crippen LogP contribution >= 0.6 is 0 Å². The third-order valence-electron chi connectivity index (χ3n) is 4.73. The topological polar surface area (TPSA) is 93.3 Å². The van der Waals surface area contributed by atoms with Crippen LogP contribution in [0.2, 0.25) is 0 Å². The fourth-order valence-corrected chi connectivity index (χ4v) is 3.24. The first kappa shape index (κ1) is 29.1. The first-order chi connectivity index (χ1) is 15.6. The highest BCUT2D eigenvalue weighted by Crippen LogP contribution is 2.25. The molecule has 0 spiro atoms. The van der Waals surface area contributed by atoms with Gasteiger partial charge in [0.2, 0.25) is 0 Å². The quantitative estimate of drug-likeness (QED) is 0.499. The monoisotopic (exact) mass is 439 g/mol. The maximum Gasteiger partial charge on any atom is 0.101 e. The van der Waals surface area contributed by atoms with E-state index in [1.165, 1.54) is 5.69 Å². The number of hydrogen-bond donors (Lipinski definition) is 4. The van der Waals surface area contributed by atoms with Crippen molar-refractivity contribution < 1.29 is 0 Å². The van der Waals surface area contributed by atoms with Crippen molar-refractivity contribution >= 4 is 17.0 Å². The number of hydrogen-bond acceptors (Lipinski definition) is 5. The van der Waals surface area contributed by atoms with Crippen molar-refractivity contribution in [1.82, 2.24) is 5.32 Å². The lowest BCUT2D eigenvalue weighted by molar-refractivity contribution is 0.589. The zero-order valence-electron chi connectivity index (χ0n) is 21.2. The average Bonchev–Trinajstić information content (AvgIpc) is 2.87. The number of nitrogens with zero attached hydrogens (tertiary/aromatic N) is 1. The fraction of sp³-hybridized carbons (Fsp3) is 0.407. The number of piperazine rings is 1. The minimum absolute atomic E-state index is 0.261. The third-order valence-corrected chi connectivity index (χ3v) is 4.73. The summed E-state index contributed by atoms with van der Waals surface area (Å²) in [5.74, 6) is 0.261. The Balaban J connectivity index is 0.00000148. The van der Waals surface area contributed by atoms with E-state index in [4.69, 9.17) is 17.2 Å². The molecule has 0 unspecified atom stereocenters. The molecular weight excluding hydrogens is 394 g/mol. The molecule has 0 aliphatic carbocycles. The van der Waals surface area contributed by atoms with E-state index in [1.807, 2.05) is 90.9 Å². The molecule has 1 fully saturated rings. The molecule has 3 rings (SSSR count). The van der Waals surface area contributed by atoms with Gasteiger partial charge in [-0.05, 0) is 36.3 Å². The van der Waals surface area contributed by atoms with E-state index in [0.717, 1.165) is 48.4 Å². The van der Waals surface area contributed by atoms with Crippen LogP contribution in [0.4, 0.5) is 5.69 Å². The molecule has 5 nitrogen and oxygen atoms in total. The Hall–Kier alpha value is -2.92. The molecule has 1 saturated heterocycles. The van der Waals surface area contributed by atoms with Gasteiger partial charge in [-0.1, -0.05) is 77.9 Å². The Morgan fingerprint density at radius 3 is 1.84 bits per heavy atom. The number of aryl methyl sites for hydroxylation is 1. The Bertz CT molecular complexity index is 812. The number of nitrogens with one attached hydrogen (secondary N) is 1. The Labute approximate surface area is 196 Å². The molecule has 0 bridgehead atoms. The van der Waals surface area contributed by atoms with E-state index < -0.39 is 0 Å². The molecule has 2 aromatic rings. The van der Waals surface area contributed by atoms with Gasteiger partial charge < -0.3 is 27.4 Å². The van der Waals surface area contributed by atoms with Crippen LogP contribution in [0.3, 0.4) is 0 Å². The molecule has 178 valence electrons. The second-order valence-electron chi connectivity index (χ2n) is 6.57. The van der Waals surface area contributed by atoms with Crippen molar-refractivity contribution in [1.29, 1.82) is 0 Å². The maximum absolute atomic E-state index is 6.32. The van der Waals surface area contributed by atoms with Gasteiger partial charge in [-0.2, -0.15) is 0 Å². The van der Waals surface area contributed by atoms with Crippen LogP contribution in [-0.4, -0.2) is 26.2 Å². The van der Waals surface area contributed by atoms with E-state index >= 15 is 0 Å². The lowest BCUT2D eigenvalue weighted by Gasteiger charge is -2.29. The van der Waals surface area contributed by atoms with E-state index in [2.05, 4.69) is 22.3 Å². The van der Waals surface area contributed by atoms with Crippen LogP contribution in [0.1, 0.15) is 58.2 Å². The fourth-order valence-electron chi connectivity index (χ4n) is 3.24. The van der Waals surface area contributed by atoms with Crippen molar-refractivity contribution in [2.45, 2.75) is 48.5 Å². The molecule has 0 saturated carbocycles. The summed E-state index contributed by atoms with van der Waals surface area (Å²) in [5.41, 5.74) is 23.9. The van der Waals surface area contributed by atoms with Gasteiger partial charge in [0.05, 0.1) is 0 Å². The molecule has 0 atom stereocenters. The van der Waals surface area contributed by atoms with Crippen LogP contribution in [-0.2, 0) is 0 Å². The van der Waals surface area contributed by atoms with E-state index in [0.29, 0.717) is 5.70 Å². The van der Waals surface area contributed by atoms with Crippen LogP contribution in [0, 0.1) is 6.92 Å². The zero-order valence-corrected chi connectivity index (χ0v) is 21.2. The normalized spacial score (nSPS) is 12.7. The maximum atomic E-state index is 6.32. The van der Waals surface area contributed by atoms with Gasteiger partial charge >= 0.3 is 0 Å². The standard InChI is InChI=1S/C21H27N5.3C2H6/c1-15-4-2-3-5-18(15)20(22)14-19(21(23)24)16-6-8-17(9-7-16)26-12-10-25-11-13-26;3*1-2/h2-9,14,25H,10-13,22-24H2,1H3;3*1-2H3/b20-14-;;;. The van der Waals surface area contributed by atoms with Crippen molar-refractivity contribution in [3.63, 3.8) is 0 Å². The zero-order chi connectivity index (χ0) is 24.5. The molecule has 1 heterocycles. The second kappa shape index (κ2) is 16.7. The van der Waals surface area contributed by atoms with Gasteiger partial charge in [0.15, 0.2) is 0 Å². The lowest BCUT2D eigenvalue weighted by Crippen LogP contribution is -2.43. The third kappa shape index (κ3) is 8.67. The minimum atomic E-state index is 0.261. The van der Waals surface area contributed by atoms with Gasteiger partial charge in [0, 0.05) is 48.7 Å². The highest BCUT2D eigenvalue weighted by molar-refractivity contribution is 5.85. The van der Waals surface area contributed by atoms with Crippen LogP contribution in [0.15, 0.2) is 60.4 Å². The largest absolute Gasteiger partial charge is 0.398 e. The van der Waals surface area contributed by atoms with Gasteiger partial charge in [-0.15, -0.1) is 0 Å². The average molecular weight is 440 g/mol. The lowest BCUT2D eigenvalue weighted by atomic mass is 10.00. The van der Waals surface area contributed by atoms with Crippen molar-refractivity contribution in [3.8, 4) is 0 Å². The number of allylic oxidation sites excluding steroid dienone is 2. The highest BCUT2D eigenvalue weighted by atomic mass is 15.2. The van der Waals surface area contributed by atoms with Crippen molar-refractivity contribution in [2.24, 2.45) is 17.2 Å². The first-order valence-electron chi connectivity index (χ1n) is 11.9. The first-order valence-corrected chi connectivity index (χ1v) is 11.9. The number of benzene rings is 2. The number of nitrogens with two attached hydrogens (primary N) is 3. The molecule has 7 N–H and O–H groups in total. The minimum Gasteiger partial charge on any atom is -0.398 e. The van der Waals surface area contributed by atoms with Crippen LogP contribution < -0.4 is 27.4 Å². The molecule has 0 amide bonds. The summed E-state index contributed by atoms with van der Waals surface area (Å²) in [6, 6.07) is 16.3. The molecule has 1 aliphatic heterocycles. The summed E-state index contributed by atoms with van der Waals surface area (Å²) in [6.45, 7) is 18.1. The molecule has 0 aromatic heterocycles. The summed E-state index contributed by atoms with van der Waals surface area (Å²) in [7, 11) is 0. The van der Waals surface area contributed by atoms with E-state index in [1.54, 1.807) is 0 Å². The highest BCUT2D eigenvalue weighted by Gasteiger charge is 2.11. The predicted octanol–water partition coefficient (Wildman–Crippen LogP) is 5.07. The molecular formula is C27H45N5. The summed E-state index contributed by atoms with van der Waals surface area (Å²) < 4.78 is 0. The summed E-state index contributed by atoms with van der Waals surface area (Å²) in [5, 5.41) is 3.37. The van der Waals surface area contributed by atoms with Crippen molar-refractivity contribution in [2.75, 3.05) is 31.1 Å². The number of anilines is 1. The van der Waals surface area contributed by atoms with Crippen LogP contribution in [0.25, 0.3) is 11.3 Å². The predicted molar refractivity (Wildman–Crippen MR) is 144 cm³/mol. The molecule has 2 aromatic carbocycles.